The third kappa shape index (κ3) is 3.47. The van der Waals surface area contributed by atoms with Gasteiger partial charge in [-0.1, -0.05) is 24.3 Å². The molecule has 3 N–H and O–H groups in total. The smallest absolute Gasteiger partial charge is 0.225 e. The number of nitrogens with two attached hydrogens (primary N) is 1. The van der Waals surface area contributed by atoms with E-state index in [2.05, 4.69) is 50.8 Å². The highest BCUT2D eigenvalue weighted by Gasteiger charge is 2.14. The monoisotopic (exact) mass is 363 g/mol. The predicted octanol–water partition coefficient (Wildman–Crippen LogP) is 3.69. The molecule has 0 aliphatic rings. The van der Waals surface area contributed by atoms with Gasteiger partial charge in [0.25, 0.3) is 0 Å². The van der Waals surface area contributed by atoms with E-state index in [1.807, 2.05) is 30.1 Å². The zero-order chi connectivity index (χ0) is 17.9. The van der Waals surface area contributed by atoms with E-state index >= 15 is 0 Å². The Labute approximate surface area is 156 Å². The second-order valence-electron chi connectivity index (χ2n) is 6.42. The molecule has 6 heteroatoms. The van der Waals surface area contributed by atoms with Crippen molar-refractivity contribution in [2.75, 3.05) is 18.5 Å². The Morgan fingerprint density at radius 2 is 2.08 bits per heavy atom. The standard InChI is InChI=1S/C20H21N5S/c1-25(20-22-9-8-18(24-20)19-7-4-10-26-19)13-15(21)11-14-12-23-17-6-3-2-5-16(14)17/h2-10,12,15,23H,11,13,21H2,1H3/t15-/m0/s1. The predicted molar refractivity (Wildman–Crippen MR) is 109 cm³/mol. The SMILES string of the molecule is CN(C[C@@H](N)Cc1c[nH]c2ccccc12)c1nccc(-c2cccs2)n1. The Bertz CT molecular complexity index is 992. The van der Waals surface area contributed by atoms with Crippen LogP contribution in [-0.2, 0) is 6.42 Å². The van der Waals surface area contributed by atoms with E-state index in [1.54, 1.807) is 17.5 Å². The Hall–Kier alpha value is -2.70. The fourth-order valence-corrected chi connectivity index (χ4v) is 3.87. The van der Waals surface area contributed by atoms with Crippen molar-refractivity contribution in [1.29, 1.82) is 0 Å². The van der Waals surface area contributed by atoms with Gasteiger partial charge < -0.3 is 15.6 Å². The number of nitrogens with zero attached hydrogens (tertiary/aromatic N) is 3. The van der Waals surface area contributed by atoms with Crippen molar-refractivity contribution in [3.8, 4) is 10.6 Å². The van der Waals surface area contributed by atoms with E-state index in [0.29, 0.717) is 12.5 Å². The number of thiophene rings is 1. The summed E-state index contributed by atoms with van der Waals surface area (Å²) in [7, 11) is 1.99. The quantitative estimate of drug-likeness (QED) is 0.548. The van der Waals surface area contributed by atoms with Gasteiger partial charge in [-0.25, -0.2) is 9.97 Å². The first-order chi connectivity index (χ1) is 12.7. The maximum Gasteiger partial charge on any atom is 0.225 e. The number of anilines is 1. The number of H-pyrrole nitrogens is 1. The maximum atomic E-state index is 6.42. The van der Waals surface area contributed by atoms with Crippen molar-refractivity contribution in [1.82, 2.24) is 15.0 Å². The van der Waals surface area contributed by atoms with Crippen LogP contribution >= 0.6 is 11.3 Å². The molecule has 4 aromatic rings. The molecule has 0 unspecified atom stereocenters. The Balaban J connectivity index is 1.46. The van der Waals surface area contributed by atoms with Gasteiger partial charge in [-0.15, -0.1) is 11.3 Å². The van der Waals surface area contributed by atoms with Gasteiger partial charge in [0.1, 0.15) is 0 Å². The fraction of sp³-hybridized carbons (Fsp3) is 0.200. The molecular formula is C20H21N5S. The zero-order valence-electron chi connectivity index (χ0n) is 14.6. The van der Waals surface area contributed by atoms with Crippen LogP contribution in [0.5, 0.6) is 0 Å². The Kier molecular flexibility index (Phi) is 4.69. The van der Waals surface area contributed by atoms with Gasteiger partial charge in [-0.05, 0) is 35.6 Å². The summed E-state index contributed by atoms with van der Waals surface area (Å²) in [5.74, 6) is 0.699. The van der Waals surface area contributed by atoms with Crippen LogP contribution in [-0.4, -0.2) is 34.6 Å². The molecule has 0 saturated carbocycles. The van der Waals surface area contributed by atoms with E-state index in [-0.39, 0.29) is 6.04 Å². The van der Waals surface area contributed by atoms with Gasteiger partial charge in [-0.3, -0.25) is 0 Å². The normalized spacial score (nSPS) is 12.4. The average molecular weight is 363 g/mol. The molecule has 3 heterocycles. The maximum absolute atomic E-state index is 6.42. The molecule has 5 nitrogen and oxygen atoms in total. The Morgan fingerprint density at radius 3 is 2.92 bits per heavy atom. The lowest BCUT2D eigenvalue weighted by molar-refractivity contribution is 0.649. The minimum absolute atomic E-state index is 0.00630. The van der Waals surface area contributed by atoms with Crippen LogP contribution in [0, 0.1) is 0 Å². The third-order valence-electron chi connectivity index (χ3n) is 4.42. The lowest BCUT2D eigenvalue weighted by Gasteiger charge is -2.21. The van der Waals surface area contributed by atoms with Crippen LogP contribution in [0.3, 0.4) is 0 Å². The zero-order valence-corrected chi connectivity index (χ0v) is 15.4. The molecule has 1 atom stereocenters. The van der Waals surface area contributed by atoms with Gasteiger partial charge >= 0.3 is 0 Å². The van der Waals surface area contributed by atoms with E-state index in [1.165, 1.54) is 10.9 Å². The summed E-state index contributed by atoms with van der Waals surface area (Å²) in [5.41, 5.74) is 9.76. The van der Waals surface area contributed by atoms with Crippen LogP contribution in [0.4, 0.5) is 5.95 Å². The molecular weight excluding hydrogens is 342 g/mol. The first-order valence-corrected chi connectivity index (χ1v) is 9.47. The van der Waals surface area contributed by atoms with E-state index < -0.39 is 0 Å². The molecule has 26 heavy (non-hydrogen) atoms. The summed E-state index contributed by atoms with van der Waals surface area (Å²) in [5, 5.41) is 3.29. The van der Waals surface area contributed by atoms with Crippen LogP contribution in [0.15, 0.2) is 60.2 Å². The molecule has 0 saturated heterocycles. The van der Waals surface area contributed by atoms with Crippen molar-refractivity contribution < 1.29 is 0 Å². The van der Waals surface area contributed by atoms with Crippen molar-refractivity contribution in [3.05, 3.63) is 65.8 Å². The van der Waals surface area contributed by atoms with E-state index in [9.17, 15) is 0 Å². The van der Waals surface area contributed by atoms with Crippen molar-refractivity contribution in [2.24, 2.45) is 5.73 Å². The number of nitrogens with one attached hydrogen (secondary N) is 1. The molecule has 0 aliphatic heterocycles. The molecule has 0 bridgehead atoms. The molecule has 3 aromatic heterocycles. The number of likely N-dealkylation sites (N-methyl/N-ethyl adjacent to an activating group) is 1. The summed E-state index contributed by atoms with van der Waals surface area (Å²) >= 11 is 1.68. The first kappa shape index (κ1) is 16.8. The third-order valence-corrected chi connectivity index (χ3v) is 5.32. The van der Waals surface area contributed by atoms with Gasteiger partial charge in [0.05, 0.1) is 10.6 Å². The average Bonchev–Trinajstić information content (AvgIpc) is 3.32. The first-order valence-electron chi connectivity index (χ1n) is 8.59. The minimum Gasteiger partial charge on any atom is -0.361 e. The van der Waals surface area contributed by atoms with E-state index in [0.717, 1.165) is 22.5 Å². The lowest BCUT2D eigenvalue weighted by atomic mass is 10.1. The van der Waals surface area contributed by atoms with Gasteiger partial charge in [0.15, 0.2) is 0 Å². The lowest BCUT2D eigenvalue weighted by Crippen LogP contribution is -2.37. The van der Waals surface area contributed by atoms with Crippen LogP contribution in [0.1, 0.15) is 5.56 Å². The molecule has 1 aromatic carbocycles. The molecule has 0 amide bonds. The summed E-state index contributed by atoms with van der Waals surface area (Å²) < 4.78 is 0. The topological polar surface area (TPSA) is 70.8 Å². The van der Waals surface area contributed by atoms with Crippen LogP contribution < -0.4 is 10.6 Å². The summed E-state index contributed by atoms with van der Waals surface area (Å²) in [6, 6.07) is 14.3. The summed E-state index contributed by atoms with van der Waals surface area (Å²) in [4.78, 5) is 15.6. The van der Waals surface area contributed by atoms with Gasteiger partial charge in [0.2, 0.25) is 5.95 Å². The van der Waals surface area contributed by atoms with Gasteiger partial charge in [-0.2, -0.15) is 0 Å². The van der Waals surface area contributed by atoms with E-state index in [4.69, 9.17) is 5.73 Å². The highest BCUT2D eigenvalue weighted by atomic mass is 32.1. The highest BCUT2D eigenvalue weighted by Crippen LogP contribution is 2.24. The number of para-hydroxylation sites is 1. The number of rotatable bonds is 6. The van der Waals surface area contributed by atoms with Crippen molar-refractivity contribution >= 4 is 28.2 Å². The molecule has 0 fully saturated rings. The Morgan fingerprint density at radius 1 is 1.19 bits per heavy atom. The number of benzene rings is 1. The second kappa shape index (κ2) is 7.27. The number of fused-ring (bicyclic) bond motifs is 1. The summed E-state index contributed by atoms with van der Waals surface area (Å²) in [6.07, 6.45) is 4.66. The molecule has 132 valence electrons. The molecule has 4 rings (SSSR count). The number of hydrogen-bond donors (Lipinski definition) is 2. The fourth-order valence-electron chi connectivity index (χ4n) is 3.17. The van der Waals surface area contributed by atoms with Crippen LogP contribution in [0.25, 0.3) is 21.5 Å². The summed E-state index contributed by atoms with van der Waals surface area (Å²) in [6.45, 7) is 0.688. The number of aromatic amines is 1. The minimum atomic E-state index is -0.00630. The molecule has 0 radical (unpaired) electrons. The molecule has 0 aliphatic carbocycles. The molecule has 0 spiro atoms. The number of hydrogen-bond acceptors (Lipinski definition) is 5. The van der Waals surface area contributed by atoms with Gasteiger partial charge in [0, 0.05) is 42.9 Å². The van der Waals surface area contributed by atoms with Crippen molar-refractivity contribution in [3.63, 3.8) is 0 Å². The largest absolute Gasteiger partial charge is 0.361 e. The number of aromatic nitrogens is 3. The second-order valence-corrected chi connectivity index (χ2v) is 7.37. The van der Waals surface area contributed by atoms with Crippen molar-refractivity contribution in [2.45, 2.75) is 12.5 Å². The highest BCUT2D eigenvalue weighted by molar-refractivity contribution is 7.13. The van der Waals surface area contributed by atoms with Crippen LogP contribution in [0.2, 0.25) is 0 Å².